The van der Waals surface area contributed by atoms with Crippen LogP contribution in [-0.2, 0) is 19.1 Å². The van der Waals surface area contributed by atoms with E-state index in [-0.39, 0.29) is 5.56 Å². The first-order valence-corrected chi connectivity index (χ1v) is 10.2. The van der Waals surface area contributed by atoms with Gasteiger partial charge >= 0.3 is 6.18 Å². The van der Waals surface area contributed by atoms with Gasteiger partial charge in [-0.3, -0.25) is 14.3 Å². The number of nitrogens with zero attached hydrogens (tertiary/aromatic N) is 2. The summed E-state index contributed by atoms with van der Waals surface area (Å²) in [7, 11) is 0. The Morgan fingerprint density at radius 2 is 1.97 bits per heavy atom. The average molecular weight is 427 g/mol. The van der Waals surface area contributed by atoms with Crippen LogP contribution in [0.4, 0.5) is 13.2 Å². The van der Waals surface area contributed by atoms with Crippen molar-refractivity contribution in [2.24, 2.45) is 0 Å². The van der Waals surface area contributed by atoms with Crippen LogP contribution >= 0.6 is 11.3 Å². The summed E-state index contributed by atoms with van der Waals surface area (Å²) in [5.41, 5.74) is 1.85. The zero-order chi connectivity index (χ0) is 20.9. The second-order valence-electron chi connectivity index (χ2n) is 7.16. The Morgan fingerprint density at radius 1 is 1.10 bits per heavy atom. The van der Waals surface area contributed by atoms with Crippen molar-refractivity contribution in [2.75, 3.05) is 6.54 Å². The number of rotatable bonds is 2. The number of thiophene rings is 1. The maximum atomic E-state index is 12.7. The highest BCUT2D eigenvalue weighted by atomic mass is 32.1. The van der Waals surface area contributed by atoms with Gasteiger partial charge in [0.25, 0.3) is 5.56 Å². The van der Waals surface area contributed by atoms with Gasteiger partial charge in [-0.1, -0.05) is 6.07 Å². The quantitative estimate of drug-likeness (QED) is 0.501. The molecule has 1 aliphatic rings. The molecule has 0 fully saturated rings. The highest BCUT2D eigenvalue weighted by Gasteiger charge is 2.30. The van der Waals surface area contributed by atoms with Crippen molar-refractivity contribution in [3.63, 3.8) is 0 Å². The lowest BCUT2D eigenvalue weighted by Gasteiger charge is -2.12. The Morgan fingerprint density at radius 3 is 2.70 bits per heavy atom. The van der Waals surface area contributed by atoms with E-state index in [1.165, 1.54) is 32.5 Å². The zero-order valence-corrected chi connectivity index (χ0v) is 16.5. The number of fused-ring (bicyclic) bond motifs is 3. The number of benzene rings is 1. The van der Waals surface area contributed by atoms with E-state index < -0.39 is 11.7 Å². The molecule has 0 amide bonds. The van der Waals surface area contributed by atoms with Crippen molar-refractivity contribution in [1.29, 1.82) is 0 Å². The van der Waals surface area contributed by atoms with E-state index in [0.717, 1.165) is 42.2 Å². The molecule has 0 atom stereocenters. The molecule has 0 bridgehead atoms. The van der Waals surface area contributed by atoms with Crippen molar-refractivity contribution in [3.05, 3.63) is 81.2 Å². The fraction of sp³-hybridized carbons (Fsp3) is 0.182. The standard InChI is InChI=1S/C22H16F3N3OS/c23-22(24,25)14-1-4-18(27-11-14)13-6-8-28(21(29)9-13)15-2-3-16-17-5-7-26-12-20(17)30-19(16)10-15/h1-4,6,8-11,26H,5,7,12H2. The highest BCUT2D eigenvalue weighted by molar-refractivity contribution is 7.19. The maximum Gasteiger partial charge on any atom is 0.417 e. The van der Waals surface area contributed by atoms with Gasteiger partial charge in [0.2, 0.25) is 0 Å². The maximum absolute atomic E-state index is 12.7. The number of nitrogens with one attached hydrogen (secondary N) is 1. The molecule has 0 saturated carbocycles. The molecule has 4 aromatic rings. The Kier molecular flexibility index (Phi) is 4.48. The summed E-state index contributed by atoms with van der Waals surface area (Å²) in [6.07, 6.45) is -1.02. The molecule has 4 nitrogen and oxygen atoms in total. The van der Waals surface area contributed by atoms with Crippen LogP contribution in [-0.4, -0.2) is 16.1 Å². The fourth-order valence-electron chi connectivity index (χ4n) is 3.76. The third-order valence-corrected chi connectivity index (χ3v) is 6.48. The molecule has 8 heteroatoms. The van der Waals surface area contributed by atoms with E-state index in [1.54, 1.807) is 23.6 Å². The van der Waals surface area contributed by atoms with E-state index in [0.29, 0.717) is 11.3 Å². The van der Waals surface area contributed by atoms with Crippen LogP contribution in [0, 0.1) is 0 Å². The number of hydrogen-bond donors (Lipinski definition) is 1. The molecule has 4 heterocycles. The molecule has 0 aliphatic carbocycles. The SMILES string of the molecule is O=c1cc(-c2ccc(C(F)(F)F)cn2)ccn1-c1ccc2c3c(sc2c1)CNCC3. The molecule has 0 unspecified atom stereocenters. The predicted octanol–water partition coefficient (Wildman–Crippen LogP) is 4.78. The minimum absolute atomic E-state index is 0.267. The largest absolute Gasteiger partial charge is 0.417 e. The van der Waals surface area contributed by atoms with Gasteiger partial charge in [-0.25, -0.2) is 0 Å². The lowest BCUT2D eigenvalue weighted by atomic mass is 10.0. The number of aromatic nitrogens is 2. The Balaban J connectivity index is 1.50. The molecule has 152 valence electrons. The Bertz CT molecular complexity index is 1310. The van der Waals surface area contributed by atoms with Crippen LogP contribution in [0.2, 0.25) is 0 Å². The molecule has 1 aliphatic heterocycles. The summed E-state index contributed by atoms with van der Waals surface area (Å²) in [6, 6.07) is 11.3. The van der Waals surface area contributed by atoms with Crippen molar-refractivity contribution in [3.8, 4) is 16.9 Å². The number of hydrogen-bond acceptors (Lipinski definition) is 4. The number of halogens is 3. The van der Waals surface area contributed by atoms with E-state index in [4.69, 9.17) is 0 Å². The fourth-order valence-corrected chi connectivity index (χ4v) is 5.01. The highest BCUT2D eigenvalue weighted by Crippen LogP contribution is 2.34. The van der Waals surface area contributed by atoms with Crippen molar-refractivity contribution in [2.45, 2.75) is 19.1 Å². The minimum Gasteiger partial charge on any atom is -0.312 e. The number of alkyl halides is 3. The van der Waals surface area contributed by atoms with Gasteiger partial charge in [-0.05, 0) is 54.2 Å². The predicted molar refractivity (Wildman–Crippen MR) is 111 cm³/mol. The van der Waals surface area contributed by atoms with Crippen molar-refractivity contribution < 1.29 is 13.2 Å². The summed E-state index contributed by atoms with van der Waals surface area (Å²) in [5.74, 6) is 0. The van der Waals surface area contributed by atoms with Crippen LogP contribution < -0.4 is 10.9 Å². The van der Waals surface area contributed by atoms with Gasteiger partial charge in [0.05, 0.1) is 16.9 Å². The van der Waals surface area contributed by atoms with Crippen molar-refractivity contribution >= 4 is 21.4 Å². The molecule has 0 spiro atoms. The molecule has 0 saturated heterocycles. The Labute approximate surface area is 173 Å². The van der Waals surface area contributed by atoms with E-state index in [2.05, 4.69) is 16.4 Å². The van der Waals surface area contributed by atoms with Crippen LogP contribution in [0.3, 0.4) is 0 Å². The van der Waals surface area contributed by atoms with Gasteiger partial charge in [0.15, 0.2) is 0 Å². The normalized spacial score (nSPS) is 14.1. The number of pyridine rings is 2. The second kappa shape index (κ2) is 7.07. The minimum atomic E-state index is -4.44. The van der Waals surface area contributed by atoms with Gasteiger partial charge in [0, 0.05) is 40.1 Å². The summed E-state index contributed by atoms with van der Waals surface area (Å²) in [4.78, 5) is 17.9. The lowest BCUT2D eigenvalue weighted by Crippen LogP contribution is -2.21. The van der Waals surface area contributed by atoms with Crippen LogP contribution in [0.1, 0.15) is 16.0 Å². The molecule has 0 radical (unpaired) electrons. The van der Waals surface area contributed by atoms with Gasteiger partial charge in [-0.15, -0.1) is 11.3 Å². The first kappa shape index (κ1) is 19.0. The second-order valence-corrected chi connectivity index (χ2v) is 8.30. The van der Waals surface area contributed by atoms with Crippen LogP contribution in [0.25, 0.3) is 27.0 Å². The van der Waals surface area contributed by atoms with Crippen LogP contribution in [0.15, 0.2) is 59.7 Å². The molecule has 30 heavy (non-hydrogen) atoms. The van der Waals surface area contributed by atoms with Gasteiger partial charge in [0.1, 0.15) is 0 Å². The third kappa shape index (κ3) is 3.32. The molecule has 3 aromatic heterocycles. The summed E-state index contributed by atoms with van der Waals surface area (Å²) in [5, 5.41) is 4.61. The van der Waals surface area contributed by atoms with Gasteiger partial charge < -0.3 is 5.32 Å². The smallest absolute Gasteiger partial charge is 0.312 e. The molecule has 1 aromatic carbocycles. The summed E-state index contributed by atoms with van der Waals surface area (Å²) >= 11 is 1.74. The molecule has 5 rings (SSSR count). The first-order chi connectivity index (χ1) is 14.4. The zero-order valence-electron chi connectivity index (χ0n) is 15.7. The summed E-state index contributed by atoms with van der Waals surface area (Å²) in [6.45, 7) is 1.85. The summed E-state index contributed by atoms with van der Waals surface area (Å²) < 4.78 is 40.8. The van der Waals surface area contributed by atoms with Gasteiger partial charge in [-0.2, -0.15) is 13.2 Å². The molecule has 1 N–H and O–H groups in total. The van der Waals surface area contributed by atoms with Crippen molar-refractivity contribution in [1.82, 2.24) is 14.9 Å². The Hall–Kier alpha value is -2.97. The average Bonchev–Trinajstić information content (AvgIpc) is 3.11. The van der Waals surface area contributed by atoms with E-state index >= 15 is 0 Å². The molecular weight excluding hydrogens is 411 g/mol. The van der Waals surface area contributed by atoms with E-state index in [1.807, 2.05) is 12.1 Å². The van der Waals surface area contributed by atoms with Crippen LogP contribution in [0.5, 0.6) is 0 Å². The third-order valence-electron chi connectivity index (χ3n) is 5.28. The molecular formula is C22H16F3N3OS. The van der Waals surface area contributed by atoms with E-state index in [9.17, 15) is 18.0 Å². The monoisotopic (exact) mass is 427 g/mol. The topological polar surface area (TPSA) is 46.9 Å². The lowest BCUT2D eigenvalue weighted by molar-refractivity contribution is -0.137. The first-order valence-electron chi connectivity index (χ1n) is 9.42.